The summed E-state index contributed by atoms with van der Waals surface area (Å²) < 4.78 is 0. The van der Waals surface area contributed by atoms with Crippen molar-refractivity contribution in [1.82, 2.24) is 10.6 Å². The van der Waals surface area contributed by atoms with Crippen molar-refractivity contribution in [2.75, 3.05) is 6.54 Å². The summed E-state index contributed by atoms with van der Waals surface area (Å²) in [4.78, 5) is 34.4. The summed E-state index contributed by atoms with van der Waals surface area (Å²) >= 11 is 5.86. The molecule has 0 radical (unpaired) electrons. The number of hydrogen-bond donors (Lipinski definition) is 3. The third-order valence-corrected chi connectivity index (χ3v) is 3.07. The first-order valence-electron chi connectivity index (χ1n) is 6.50. The number of halogens is 1. The summed E-state index contributed by atoms with van der Waals surface area (Å²) in [5.74, 6) is -2.14. The van der Waals surface area contributed by atoms with Gasteiger partial charge in [0.25, 0.3) is 5.91 Å². The lowest BCUT2D eigenvalue weighted by Gasteiger charge is -2.14. The van der Waals surface area contributed by atoms with Crippen molar-refractivity contribution in [3.63, 3.8) is 0 Å². The smallest absolute Gasteiger partial charge is 0.326 e. The van der Waals surface area contributed by atoms with Crippen LogP contribution in [0.25, 0.3) is 0 Å². The molecule has 0 unspecified atom stereocenters. The second-order valence-corrected chi connectivity index (χ2v) is 4.82. The average molecular weight is 313 g/mol. The third kappa shape index (κ3) is 5.43. The molecular formula is C14H17ClN2O4. The minimum absolute atomic E-state index is 0.260. The molecule has 114 valence electrons. The van der Waals surface area contributed by atoms with Crippen LogP contribution in [0.5, 0.6) is 0 Å². The molecule has 0 aliphatic rings. The van der Waals surface area contributed by atoms with E-state index in [1.807, 2.05) is 6.92 Å². The topological polar surface area (TPSA) is 95.5 Å². The van der Waals surface area contributed by atoms with Crippen LogP contribution in [0.3, 0.4) is 0 Å². The van der Waals surface area contributed by atoms with E-state index in [1.165, 1.54) is 6.07 Å². The van der Waals surface area contributed by atoms with E-state index < -0.39 is 23.8 Å². The number of carbonyl (C=O) groups excluding carboxylic acids is 2. The third-order valence-electron chi connectivity index (χ3n) is 2.74. The van der Waals surface area contributed by atoms with Gasteiger partial charge in [0.2, 0.25) is 5.91 Å². The maximum atomic E-state index is 11.8. The van der Waals surface area contributed by atoms with E-state index in [0.717, 1.165) is 0 Å². The molecule has 2 amide bonds. The quantitative estimate of drug-likeness (QED) is 0.710. The van der Waals surface area contributed by atoms with Crippen LogP contribution in [0.2, 0.25) is 5.02 Å². The van der Waals surface area contributed by atoms with Gasteiger partial charge in [0.1, 0.15) is 6.04 Å². The minimum Gasteiger partial charge on any atom is -0.480 e. The van der Waals surface area contributed by atoms with Crippen molar-refractivity contribution in [3.8, 4) is 0 Å². The molecule has 1 aromatic carbocycles. The van der Waals surface area contributed by atoms with E-state index in [1.54, 1.807) is 18.2 Å². The molecule has 1 aromatic rings. The van der Waals surface area contributed by atoms with Crippen molar-refractivity contribution in [1.29, 1.82) is 0 Å². The zero-order chi connectivity index (χ0) is 15.8. The van der Waals surface area contributed by atoms with Gasteiger partial charge in [-0.05, 0) is 18.6 Å². The number of hydrogen-bond acceptors (Lipinski definition) is 3. The Kier molecular flexibility index (Phi) is 6.68. The number of carboxylic acid groups (broad SMARTS) is 1. The molecule has 0 saturated heterocycles. The monoisotopic (exact) mass is 312 g/mol. The predicted molar refractivity (Wildman–Crippen MR) is 78.3 cm³/mol. The number of rotatable bonds is 7. The van der Waals surface area contributed by atoms with E-state index in [0.29, 0.717) is 12.8 Å². The molecule has 3 N–H and O–H groups in total. The zero-order valence-corrected chi connectivity index (χ0v) is 12.3. The van der Waals surface area contributed by atoms with Crippen LogP contribution < -0.4 is 10.6 Å². The van der Waals surface area contributed by atoms with Crippen LogP contribution in [0.15, 0.2) is 24.3 Å². The molecular weight excluding hydrogens is 296 g/mol. The van der Waals surface area contributed by atoms with E-state index in [2.05, 4.69) is 10.6 Å². The molecule has 0 saturated carbocycles. The standard InChI is InChI=1S/C14H17ClN2O4/c1-2-5-11(14(20)21)17-12(18)8-16-13(19)9-6-3-4-7-10(9)15/h3-4,6-7,11H,2,5,8H2,1H3,(H,16,19)(H,17,18)(H,20,21)/t11-/m0/s1. The summed E-state index contributed by atoms with van der Waals surface area (Å²) in [6, 6.07) is 5.50. The van der Waals surface area contributed by atoms with Crippen LogP contribution in [0.1, 0.15) is 30.1 Å². The van der Waals surface area contributed by atoms with E-state index in [-0.39, 0.29) is 17.1 Å². The van der Waals surface area contributed by atoms with Gasteiger partial charge in [-0.2, -0.15) is 0 Å². The van der Waals surface area contributed by atoms with E-state index in [9.17, 15) is 14.4 Å². The molecule has 6 nitrogen and oxygen atoms in total. The average Bonchev–Trinajstić information content (AvgIpc) is 2.44. The van der Waals surface area contributed by atoms with Gasteiger partial charge in [-0.25, -0.2) is 4.79 Å². The Morgan fingerprint density at radius 3 is 2.52 bits per heavy atom. The van der Waals surface area contributed by atoms with Crippen molar-refractivity contribution in [3.05, 3.63) is 34.9 Å². The second kappa shape index (κ2) is 8.26. The van der Waals surface area contributed by atoms with Gasteiger partial charge in [-0.15, -0.1) is 0 Å². The fourth-order valence-corrected chi connectivity index (χ4v) is 1.91. The first-order valence-corrected chi connectivity index (χ1v) is 6.88. The number of benzene rings is 1. The summed E-state index contributed by atoms with van der Waals surface area (Å²) in [6.45, 7) is 1.51. The van der Waals surface area contributed by atoms with Crippen LogP contribution in [-0.2, 0) is 9.59 Å². The molecule has 0 heterocycles. The fraction of sp³-hybridized carbons (Fsp3) is 0.357. The highest BCUT2D eigenvalue weighted by Crippen LogP contribution is 2.14. The lowest BCUT2D eigenvalue weighted by molar-refractivity contribution is -0.141. The summed E-state index contributed by atoms with van der Waals surface area (Å²) in [5, 5.41) is 14.0. The second-order valence-electron chi connectivity index (χ2n) is 4.41. The minimum atomic E-state index is -1.09. The Labute approximate surface area is 127 Å². The Morgan fingerprint density at radius 2 is 1.95 bits per heavy atom. The molecule has 1 atom stereocenters. The number of amides is 2. The van der Waals surface area contributed by atoms with Crippen LogP contribution in [0, 0.1) is 0 Å². The molecule has 0 aliphatic heterocycles. The SMILES string of the molecule is CCC[C@H](NC(=O)CNC(=O)c1ccccc1Cl)C(=O)O. The van der Waals surface area contributed by atoms with Gasteiger partial charge in [-0.3, -0.25) is 9.59 Å². The van der Waals surface area contributed by atoms with Crippen molar-refractivity contribution in [2.45, 2.75) is 25.8 Å². The number of nitrogens with one attached hydrogen (secondary N) is 2. The Balaban J connectivity index is 2.51. The first kappa shape index (κ1) is 17.0. The van der Waals surface area contributed by atoms with Gasteiger partial charge >= 0.3 is 5.97 Å². The Bertz CT molecular complexity index is 533. The molecule has 7 heteroatoms. The van der Waals surface area contributed by atoms with Crippen molar-refractivity contribution >= 4 is 29.4 Å². The maximum Gasteiger partial charge on any atom is 0.326 e. The van der Waals surface area contributed by atoms with E-state index >= 15 is 0 Å². The molecule has 21 heavy (non-hydrogen) atoms. The summed E-state index contributed by atoms with van der Waals surface area (Å²) in [6.07, 6.45) is 0.961. The maximum absolute atomic E-state index is 11.8. The molecule has 0 spiro atoms. The Morgan fingerprint density at radius 1 is 1.29 bits per heavy atom. The van der Waals surface area contributed by atoms with Crippen LogP contribution in [0.4, 0.5) is 0 Å². The van der Waals surface area contributed by atoms with Crippen molar-refractivity contribution < 1.29 is 19.5 Å². The highest BCUT2D eigenvalue weighted by Gasteiger charge is 2.19. The van der Waals surface area contributed by atoms with Crippen molar-refractivity contribution in [2.24, 2.45) is 0 Å². The van der Waals surface area contributed by atoms with E-state index in [4.69, 9.17) is 16.7 Å². The van der Waals surface area contributed by atoms with Crippen LogP contribution >= 0.6 is 11.6 Å². The normalized spacial score (nSPS) is 11.5. The molecule has 1 rings (SSSR count). The highest BCUT2D eigenvalue weighted by atomic mass is 35.5. The van der Waals surface area contributed by atoms with Gasteiger partial charge in [0.15, 0.2) is 0 Å². The summed E-state index contributed by atoms with van der Waals surface area (Å²) in [5.41, 5.74) is 0.260. The largest absolute Gasteiger partial charge is 0.480 e. The molecule has 0 aromatic heterocycles. The van der Waals surface area contributed by atoms with Gasteiger partial charge in [0, 0.05) is 0 Å². The molecule has 0 fully saturated rings. The fourth-order valence-electron chi connectivity index (χ4n) is 1.69. The molecule has 0 bridgehead atoms. The van der Waals surface area contributed by atoms with Gasteiger partial charge in [0.05, 0.1) is 17.1 Å². The predicted octanol–water partition coefficient (Wildman–Crippen LogP) is 1.44. The first-order chi connectivity index (χ1) is 9.95. The van der Waals surface area contributed by atoms with Crippen LogP contribution in [-0.4, -0.2) is 35.5 Å². The number of carbonyl (C=O) groups is 3. The molecule has 0 aliphatic carbocycles. The Hall–Kier alpha value is -2.08. The van der Waals surface area contributed by atoms with Gasteiger partial charge in [-0.1, -0.05) is 37.1 Å². The summed E-state index contributed by atoms with van der Waals surface area (Å²) in [7, 11) is 0. The lowest BCUT2D eigenvalue weighted by Crippen LogP contribution is -2.45. The highest BCUT2D eigenvalue weighted by molar-refractivity contribution is 6.33. The number of aliphatic carboxylic acids is 1. The van der Waals surface area contributed by atoms with Gasteiger partial charge < -0.3 is 15.7 Å². The number of carboxylic acids is 1. The zero-order valence-electron chi connectivity index (χ0n) is 11.6. The lowest BCUT2D eigenvalue weighted by atomic mass is 10.1.